The molecule has 1 heterocycles. The summed E-state index contributed by atoms with van der Waals surface area (Å²) >= 11 is 6.76. The first-order valence-electron chi connectivity index (χ1n) is 9.33. The molecule has 0 N–H and O–H groups in total. The number of ether oxygens (including phenoxy) is 2. The fraction of sp³-hybridized carbons (Fsp3) is 0.217. The Hall–Kier alpha value is -2.57. The van der Waals surface area contributed by atoms with E-state index in [-0.39, 0.29) is 5.91 Å². The molecule has 0 saturated carbocycles. The van der Waals surface area contributed by atoms with E-state index >= 15 is 0 Å². The van der Waals surface area contributed by atoms with E-state index in [2.05, 4.69) is 6.58 Å². The Morgan fingerprint density at radius 1 is 1.14 bits per heavy atom. The van der Waals surface area contributed by atoms with Gasteiger partial charge < -0.3 is 9.47 Å². The number of amides is 1. The lowest BCUT2D eigenvalue weighted by molar-refractivity contribution is -0.122. The van der Waals surface area contributed by atoms with E-state index in [1.807, 2.05) is 62.4 Å². The van der Waals surface area contributed by atoms with Crippen LogP contribution in [0.25, 0.3) is 6.08 Å². The van der Waals surface area contributed by atoms with Crippen LogP contribution >= 0.6 is 24.0 Å². The maximum absolute atomic E-state index is 12.9. The van der Waals surface area contributed by atoms with E-state index in [1.54, 1.807) is 11.0 Å². The molecule has 0 atom stereocenters. The summed E-state index contributed by atoms with van der Waals surface area (Å²) in [6.07, 6.45) is 3.53. The summed E-state index contributed by atoms with van der Waals surface area (Å²) in [5.74, 6) is 1.21. The van der Waals surface area contributed by atoms with Crippen molar-refractivity contribution in [1.82, 2.24) is 4.90 Å². The maximum atomic E-state index is 12.9. The summed E-state index contributed by atoms with van der Waals surface area (Å²) in [6.45, 7) is 9.01. The minimum absolute atomic E-state index is 0.0782. The number of thiocarbonyl (C=S) groups is 1. The number of carbonyl (C=O) groups is 1. The first kappa shape index (κ1) is 21.1. The smallest absolute Gasteiger partial charge is 0.266 e. The lowest BCUT2D eigenvalue weighted by Crippen LogP contribution is -2.27. The van der Waals surface area contributed by atoms with E-state index in [0.29, 0.717) is 40.5 Å². The quantitative estimate of drug-likeness (QED) is 0.323. The molecule has 1 saturated heterocycles. The van der Waals surface area contributed by atoms with E-state index in [4.69, 9.17) is 21.7 Å². The largest absolute Gasteiger partial charge is 0.490 e. The Balaban J connectivity index is 1.80. The van der Waals surface area contributed by atoms with Crippen molar-refractivity contribution >= 4 is 40.3 Å². The normalized spacial score (nSPS) is 15.1. The molecule has 0 aromatic heterocycles. The van der Waals surface area contributed by atoms with Gasteiger partial charge in [0, 0.05) is 0 Å². The minimum atomic E-state index is -0.0782. The molecular weight excluding hydrogens is 402 g/mol. The fourth-order valence-electron chi connectivity index (χ4n) is 2.81. The second-order valence-corrected chi connectivity index (χ2v) is 8.17. The summed E-state index contributed by atoms with van der Waals surface area (Å²) in [5, 5.41) is 0. The highest BCUT2D eigenvalue weighted by molar-refractivity contribution is 8.26. The molecule has 29 heavy (non-hydrogen) atoms. The predicted octanol–water partition coefficient (Wildman–Crippen LogP) is 5.36. The molecule has 1 aliphatic heterocycles. The second-order valence-electron chi connectivity index (χ2n) is 6.49. The number of carbonyl (C=O) groups excluding carboxylic acids is 1. The standard InChI is InChI=1S/C23H23NO3S2/c1-4-12-27-19-11-10-18(13-20(19)26-5-2)14-21-22(25)24(23(28)29-21)15-17-8-6-16(3)7-9-17/h4,6-11,13-14H,1,5,12,15H2,2-3H3. The molecule has 2 aromatic rings. The molecule has 0 radical (unpaired) electrons. The van der Waals surface area contributed by atoms with Gasteiger partial charge in [0.2, 0.25) is 0 Å². The van der Waals surface area contributed by atoms with Crippen LogP contribution in [0.2, 0.25) is 0 Å². The zero-order chi connectivity index (χ0) is 20.8. The summed E-state index contributed by atoms with van der Waals surface area (Å²) in [5.41, 5.74) is 3.09. The highest BCUT2D eigenvalue weighted by atomic mass is 32.2. The third-order valence-corrected chi connectivity index (χ3v) is 5.63. The molecule has 150 valence electrons. The van der Waals surface area contributed by atoms with E-state index in [0.717, 1.165) is 11.1 Å². The summed E-state index contributed by atoms with van der Waals surface area (Å²) in [7, 11) is 0. The van der Waals surface area contributed by atoms with Crippen molar-refractivity contribution in [3.63, 3.8) is 0 Å². The lowest BCUT2D eigenvalue weighted by Gasteiger charge is -2.14. The average Bonchev–Trinajstić information content (AvgIpc) is 2.96. The van der Waals surface area contributed by atoms with E-state index < -0.39 is 0 Å². The topological polar surface area (TPSA) is 38.8 Å². The number of hydrogen-bond donors (Lipinski definition) is 0. The van der Waals surface area contributed by atoms with Crippen molar-refractivity contribution in [2.24, 2.45) is 0 Å². The van der Waals surface area contributed by atoms with Crippen molar-refractivity contribution in [2.75, 3.05) is 13.2 Å². The fourth-order valence-corrected chi connectivity index (χ4v) is 4.07. The number of aryl methyl sites for hydroxylation is 1. The third-order valence-electron chi connectivity index (χ3n) is 4.26. The SMILES string of the molecule is C=CCOc1ccc(C=C2SC(=S)N(Cc3ccc(C)cc3)C2=O)cc1OCC. The number of hydrogen-bond acceptors (Lipinski definition) is 5. The van der Waals surface area contributed by atoms with Crippen LogP contribution < -0.4 is 9.47 Å². The summed E-state index contributed by atoms with van der Waals surface area (Å²) in [6, 6.07) is 13.7. The maximum Gasteiger partial charge on any atom is 0.266 e. The van der Waals surface area contributed by atoms with Gasteiger partial charge in [-0.15, -0.1) is 0 Å². The Kier molecular flexibility index (Phi) is 7.12. The molecule has 3 rings (SSSR count). The van der Waals surface area contributed by atoms with Gasteiger partial charge in [0.15, 0.2) is 11.5 Å². The summed E-state index contributed by atoms with van der Waals surface area (Å²) < 4.78 is 11.9. The van der Waals surface area contributed by atoms with Crippen molar-refractivity contribution < 1.29 is 14.3 Å². The number of rotatable bonds is 8. The molecule has 1 amide bonds. The molecule has 0 unspecified atom stereocenters. The van der Waals surface area contributed by atoms with Gasteiger partial charge in [0.1, 0.15) is 10.9 Å². The van der Waals surface area contributed by atoms with Gasteiger partial charge in [0.25, 0.3) is 5.91 Å². The Morgan fingerprint density at radius 2 is 1.90 bits per heavy atom. The van der Waals surface area contributed by atoms with Crippen LogP contribution in [0.4, 0.5) is 0 Å². The highest BCUT2D eigenvalue weighted by Crippen LogP contribution is 2.35. The second kappa shape index (κ2) is 9.76. The zero-order valence-corrected chi connectivity index (χ0v) is 18.1. The molecule has 6 heteroatoms. The third kappa shape index (κ3) is 5.28. The van der Waals surface area contributed by atoms with Crippen LogP contribution in [0.5, 0.6) is 11.5 Å². The molecule has 0 bridgehead atoms. The zero-order valence-electron chi connectivity index (χ0n) is 16.5. The molecule has 2 aromatic carbocycles. The molecular formula is C23H23NO3S2. The number of nitrogens with zero attached hydrogens (tertiary/aromatic N) is 1. The molecule has 1 aliphatic rings. The highest BCUT2D eigenvalue weighted by Gasteiger charge is 2.32. The Labute approximate surface area is 181 Å². The van der Waals surface area contributed by atoms with Crippen molar-refractivity contribution in [3.05, 3.63) is 76.7 Å². The predicted molar refractivity (Wildman–Crippen MR) is 123 cm³/mol. The van der Waals surface area contributed by atoms with Crippen LogP contribution in [0.1, 0.15) is 23.6 Å². The van der Waals surface area contributed by atoms with Gasteiger partial charge in [-0.05, 0) is 43.2 Å². The van der Waals surface area contributed by atoms with Gasteiger partial charge in [-0.3, -0.25) is 9.69 Å². The molecule has 4 nitrogen and oxygen atoms in total. The van der Waals surface area contributed by atoms with Crippen LogP contribution in [-0.4, -0.2) is 28.3 Å². The van der Waals surface area contributed by atoms with Gasteiger partial charge in [-0.1, -0.05) is 72.5 Å². The van der Waals surface area contributed by atoms with Crippen LogP contribution in [0, 0.1) is 6.92 Å². The Morgan fingerprint density at radius 3 is 2.59 bits per heavy atom. The molecule has 0 aliphatic carbocycles. The number of benzene rings is 2. The monoisotopic (exact) mass is 425 g/mol. The summed E-state index contributed by atoms with van der Waals surface area (Å²) in [4.78, 5) is 15.1. The molecule has 1 fully saturated rings. The van der Waals surface area contributed by atoms with Gasteiger partial charge in [-0.2, -0.15) is 0 Å². The lowest BCUT2D eigenvalue weighted by atomic mass is 10.1. The van der Waals surface area contributed by atoms with E-state index in [9.17, 15) is 4.79 Å². The van der Waals surface area contributed by atoms with Crippen molar-refractivity contribution in [3.8, 4) is 11.5 Å². The van der Waals surface area contributed by atoms with Gasteiger partial charge in [0.05, 0.1) is 18.1 Å². The van der Waals surface area contributed by atoms with Gasteiger partial charge in [-0.25, -0.2) is 0 Å². The first-order chi connectivity index (χ1) is 14.0. The van der Waals surface area contributed by atoms with Crippen molar-refractivity contribution in [2.45, 2.75) is 20.4 Å². The van der Waals surface area contributed by atoms with Crippen molar-refractivity contribution in [1.29, 1.82) is 0 Å². The first-order valence-corrected chi connectivity index (χ1v) is 10.6. The minimum Gasteiger partial charge on any atom is -0.490 e. The van der Waals surface area contributed by atoms with Crippen LogP contribution in [-0.2, 0) is 11.3 Å². The van der Waals surface area contributed by atoms with Gasteiger partial charge >= 0.3 is 0 Å². The number of thioether (sulfide) groups is 1. The molecule has 0 spiro atoms. The van der Waals surface area contributed by atoms with Crippen LogP contribution in [0.3, 0.4) is 0 Å². The van der Waals surface area contributed by atoms with E-state index in [1.165, 1.54) is 17.3 Å². The van der Waals surface area contributed by atoms with Crippen LogP contribution in [0.15, 0.2) is 60.0 Å². The Bertz CT molecular complexity index is 951. The average molecular weight is 426 g/mol.